The van der Waals surface area contributed by atoms with Crippen LogP contribution < -0.4 is 5.73 Å². The molecule has 1 aromatic carbocycles. The minimum atomic E-state index is 0.550. The first-order valence-corrected chi connectivity index (χ1v) is 6.00. The Morgan fingerprint density at radius 1 is 1.13 bits per heavy atom. The van der Waals surface area contributed by atoms with E-state index in [0.717, 1.165) is 9.37 Å². The van der Waals surface area contributed by atoms with E-state index in [9.17, 15) is 0 Å². The summed E-state index contributed by atoms with van der Waals surface area (Å²) >= 11 is 5.10. The fourth-order valence-corrected chi connectivity index (χ4v) is 2.52. The van der Waals surface area contributed by atoms with Crippen molar-refractivity contribution in [1.29, 1.82) is 0 Å². The van der Waals surface area contributed by atoms with Crippen molar-refractivity contribution >= 4 is 33.5 Å². The van der Waals surface area contributed by atoms with Gasteiger partial charge in [0, 0.05) is 20.5 Å². The van der Waals surface area contributed by atoms with Crippen molar-refractivity contribution in [2.45, 2.75) is 9.79 Å². The average molecular weight is 281 g/mol. The molecule has 15 heavy (non-hydrogen) atoms. The van der Waals surface area contributed by atoms with Crippen molar-refractivity contribution in [3.05, 3.63) is 47.1 Å². The molecule has 2 rings (SSSR count). The van der Waals surface area contributed by atoms with Gasteiger partial charge in [0.1, 0.15) is 5.82 Å². The number of benzene rings is 1. The Bertz CT molecular complexity index is 456. The molecule has 76 valence electrons. The van der Waals surface area contributed by atoms with E-state index in [-0.39, 0.29) is 0 Å². The fourth-order valence-electron chi connectivity index (χ4n) is 1.12. The molecule has 0 unspecified atom stereocenters. The van der Waals surface area contributed by atoms with Gasteiger partial charge in [-0.2, -0.15) is 0 Å². The lowest BCUT2D eigenvalue weighted by Crippen LogP contribution is -1.87. The van der Waals surface area contributed by atoms with Gasteiger partial charge in [0.25, 0.3) is 0 Å². The van der Waals surface area contributed by atoms with Crippen molar-refractivity contribution in [2.75, 3.05) is 5.73 Å². The number of nitrogens with zero attached hydrogens (tertiary/aromatic N) is 1. The molecule has 0 aliphatic rings. The second kappa shape index (κ2) is 4.68. The Kier molecular flexibility index (Phi) is 3.28. The number of aromatic nitrogens is 1. The first kappa shape index (κ1) is 10.5. The third-order valence-corrected chi connectivity index (χ3v) is 3.25. The second-order valence-electron chi connectivity index (χ2n) is 2.98. The van der Waals surface area contributed by atoms with Crippen LogP contribution in [-0.2, 0) is 0 Å². The van der Waals surface area contributed by atoms with Crippen LogP contribution in [0.25, 0.3) is 0 Å². The zero-order valence-corrected chi connectivity index (χ0v) is 10.3. The van der Waals surface area contributed by atoms with E-state index >= 15 is 0 Å². The maximum Gasteiger partial charge on any atom is 0.123 e. The molecule has 0 saturated heterocycles. The van der Waals surface area contributed by atoms with Gasteiger partial charge in [-0.05, 0) is 30.3 Å². The molecule has 1 aromatic heterocycles. The minimum absolute atomic E-state index is 0.550. The lowest BCUT2D eigenvalue weighted by molar-refractivity contribution is 1.24. The van der Waals surface area contributed by atoms with E-state index in [1.807, 2.05) is 18.2 Å². The number of nitrogen functional groups attached to an aromatic ring is 1. The fraction of sp³-hybridized carbons (Fsp3) is 0. The van der Waals surface area contributed by atoms with Gasteiger partial charge in [-0.25, -0.2) is 4.98 Å². The second-order valence-corrected chi connectivity index (χ2v) is 5.04. The third kappa shape index (κ3) is 2.97. The lowest BCUT2D eigenvalue weighted by atomic mass is 10.4. The molecular weight excluding hydrogens is 272 g/mol. The molecule has 0 aliphatic heterocycles. The molecule has 4 heteroatoms. The molecule has 0 aliphatic carbocycles. The summed E-state index contributed by atoms with van der Waals surface area (Å²) in [4.78, 5) is 6.31. The Morgan fingerprint density at radius 2 is 2.00 bits per heavy atom. The van der Waals surface area contributed by atoms with E-state index in [0.29, 0.717) is 5.82 Å². The van der Waals surface area contributed by atoms with Crippen LogP contribution in [-0.4, -0.2) is 4.98 Å². The van der Waals surface area contributed by atoms with Crippen molar-refractivity contribution in [3.63, 3.8) is 0 Å². The highest BCUT2D eigenvalue weighted by molar-refractivity contribution is 9.10. The number of hydrogen-bond donors (Lipinski definition) is 1. The topological polar surface area (TPSA) is 38.9 Å². The van der Waals surface area contributed by atoms with Gasteiger partial charge in [0.05, 0.1) is 0 Å². The Labute approximate surface area is 101 Å². The smallest absolute Gasteiger partial charge is 0.123 e. The van der Waals surface area contributed by atoms with Crippen molar-refractivity contribution < 1.29 is 0 Å². The summed E-state index contributed by atoms with van der Waals surface area (Å²) in [6, 6.07) is 11.9. The van der Waals surface area contributed by atoms with Crippen LogP contribution in [0.15, 0.2) is 56.9 Å². The Morgan fingerprint density at radius 3 is 2.67 bits per heavy atom. The number of halogens is 1. The van der Waals surface area contributed by atoms with Crippen LogP contribution in [0.2, 0.25) is 0 Å². The number of hydrogen-bond acceptors (Lipinski definition) is 3. The van der Waals surface area contributed by atoms with Crippen LogP contribution in [0, 0.1) is 0 Å². The highest BCUT2D eigenvalue weighted by atomic mass is 79.9. The minimum Gasteiger partial charge on any atom is -0.384 e. The first-order chi connectivity index (χ1) is 7.24. The number of anilines is 1. The quantitative estimate of drug-likeness (QED) is 0.914. The molecule has 0 fully saturated rings. The molecule has 0 bridgehead atoms. The van der Waals surface area contributed by atoms with E-state index in [1.54, 1.807) is 24.0 Å². The van der Waals surface area contributed by atoms with E-state index < -0.39 is 0 Å². The van der Waals surface area contributed by atoms with E-state index in [1.165, 1.54) is 4.90 Å². The molecule has 1 heterocycles. The van der Waals surface area contributed by atoms with E-state index in [4.69, 9.17) is 5.73 Å². The largest absolute Gasteiger partial charge is 0.384 e. The van der Waals surface area contributed by atoms with Gasteiger partial charge >= 0.3 is 0 Å². The van der Waals surface area contributed by atoms with Crippen molar-refractivity contribution in [1.82, 2.24) is 4.98 Å². The lowest BCUT2D eigenvalue weighted by Gasteiger charge is -2.01. The maximum atomic E-state index is 5.52. The normalized spacial score (nSPS) is 10.2. The molecule has 2 aromatic rings. The van der Waals surface area contributed by atoms with Gasteiger partial charge in [-0.1, -0.05) is 33.8 Å². The van der Waals surface area contributed by atoms with Crippen LogP contribution >= 0.6 is 27.7 Å². The van der Waals surface area contributed by atoms with Crippen LogP contribution in [0.3, 0.4) is 0 Å². The molecule has 0 atom stereocenters. The third-order valence-electron chi connectivity index (χ3n) is 1.79. The van der Waals surface area contributed by atoms with Gasteiger partial charge < -0.3 is 5.73 Å². The zero-order valence-electron chi connectivity index (χ0n) is 7.85. The molecule has 0 spiro atoms. The molecule has 0 saturated carbocycles. The predicted octanol–water partition coefficient (Wildman–Crippen LogP) is 3.58. The highest BCUT2D eigenvalue weighted by Gasteiger charge is 1.98. The summed E-state index contributed by atoms with van der Waals surface area (Å²) in [5.74, 6) is 0.550. The summed E-state index contributed by atoms with van der Waals surface area (Å²) in [6.45, 7) is 0. The predicted molar refractivity (Wildman–Crippen MR) is 66.9 cm³/mol. The summed E-state index contributed by atoms with van der Waals surface area (Å²) < 4.78 is 1.08. The Balaban J connectivity index is 2.18. The van der Waals surface area contributed by atoms with Crippen LogP contribution in [0.4, 0.5) is 5.82 Å². The average Bonchev–Trinajstić information content (AvgIpc) is 2.22. The van der Waals surface area contributed by atoms with Gasteiger partial charge in [-0.3, -0.25) is 0 Å². The van der Waals surface area contributed by atoms with Crippen molar-refractivity contribution in [3.8, 4) is 0 Å². The van der Waals surface area contributed by atoms with E-state index in [2.05, 4.69) is 33.0 Å². The number of nitrogens with two attached hydrogens (primary N) is 1. The molecule has 0 amide bonds. The van der Waals surface area contributed by atoms with Gasteiger partial charge in [0.2, 0.25) is 0 Å². The van der Waals surface area contributed by atoms with Gasteiger partial charge in [-0.15, -0.1) is 0 Å². The van der Waals surface area contributed by atoms with Crippen LogP contribution in [0.5, 0.6) is 0 Å². The summed E-state index contributed by atoms with van der Waals surface area (Å²) in [5, 5.41) is 0. The zero-order chi connectivity index (χ0) is 10.7. The number of pyridine rings is 1. The molecule has 2 N–H and O–H groups in total. The Hall–Kier alpha value is -1.00. The molecular formula is C11H9BrN2S. The summed E-state index contributed by atoms with van der Waals surface area (Å²) in [7, 11) is 0. The molecule has 2 nitrogen and oxygen atoms in total. The maximum absolute atomic E-state index is 5.52. The summed E-state index contributed by atoms with van der Waals surface area (Å²) in [6.07, 6.45) is 1.78. The van der Waals surface area contributed by atoms with Crippen LogP contribution in [0.1, 0.15) is 0 Å². The molecule has 0 radical (unpaired) electrons. The SMILES string of the molecule is Nc1ccc(Sc2cccc(Br)c2)cn1. The van der Waals surface area contributed by atoms with Crippen molar-refractivity contribution in [2.24, 2.45) is 0 Å². The number of rotatable bonds is 2. The van der Waals surface area contributed by atoms with Gasteiger partial charge in [0.15, 0.2) is 0 Å². The standard InChI is InChI=1S/C11H9BrN2S/c12-8-2-1-3-9(6-8)15-10-4-5-11(13)14-7-10/h1-7H,(H2,13,14). The first-order valence-electron chi connectivity index (χ1n) is 4.39. The summed E-state index contributed by atoms with van der Waals surface area (Å²) in [5.41, 5.74) is 5.52. The monoisotopic (exact) mass is 280 g/mol. The highest BCUT2D eigenvalue weighted by Crippen LogP contribution is 2.28.